The fourth-order valence-corrected chi connectivity index (χ4v) is 2.44. The van der Waals surface area contributed by atoms with Gasteiger partial charge >= 0.3 is 0 Å². The minimum atomic E-state index is -0.518. The van der Waals surface area contributed by atoms with Gasteiger partial charge in [-0.05, 0) is 24.3 Å². The van der Waals surface area contributed by atoms with E-state index in [1.165, 1.54) is 0 Å². The average molecular weight is 367 g/mol. The molecule has 0 aromatic heterocycles. The third-order valence-electron chi connectivity index (χ3n) is 2.25. The zero-order chi connectivity index (χ0) is 11.9. The first-order valence-corrected chi connectivity index (χ1v) is 6.65. The summed E-state index contributed by atoms with van der Waals surface area (Å²) in [6, 6.07) is 6.57. The van der Waals surface area contributed by atoms with Gasteiger partial charge in [0.25, 0.3) is 0 Å². The topological polar surface area (TPSA) is 37.4 Å². The van der Waals surface area contributed by atoms with Crippen molar-refractivity contribution in [3.05, 3.63) is 29.3 Å². The van der Waals surface area contributed by atoms with Crippen molar-refractivity contribution in [2.75, 3.05) is 4.90 Å². The van der Waals surface area contributed by atoms with Crippen LogP contribution in [-0.4, -0.2) is 21.5 Å². The van der Waals surface area contributed by atoms with Gasteiger partial charge in [0.05, 0.1) is 5.69 Å². The van der Waals surface area contributed by atoms with Crippen LogP contribution in [0.5, 0.6) is 0 Å². The Kier molecular flexibility index (Phi) is 3.37. The average Bonchev–Trinajstić information content (AvgIpc) is 2.46. The Morgan fingerprint density at radius 1 is 1.00 bits per heavy atom. The Balaban J connectivity index is 2.38. The van der Waals surface area contributed by atoms with Crippen LogP contribution in [0.1, 0.15) is 0 Å². The van der Waals surface area contributed by atoms with E-state index in [-0.39, 0.29) is 11.8 Å². The number of benzene rings is 1. The van der Waals surface area contributed by atoms with Gasteiger partial charge in [0.2, 0.25) is 11.8 Å². The van der Waals surface area contributed by atoms with Crippen LogP contribution in [0.2, 0.25) is 5.02 Å². The van der Waals surface area contributed by atoms with Gasteiger partial charge in [-0.15, -0.1) is 0 Å². The first-order valence-electron chi connectivity index (χ1n) is 4.44. The van der Waals surface area contributed by atoms with Crippen LogP contribution in [0.3, 0.4) is 0 Å². The van der Waals surface area contributed by atoms with Crippen LogP contribution in [0.25, 0.3) is 0 Å². The molecule has 0 saturated carbocycles. The molecule has 1 aromatic carbocycles. The van der Waals surface area contributed by atoms with Crippen molar-refractivity contribution in [2.24, 2.45) is 0 Å². The Labute approximate surface area is 114 Å². The molecule has 2 amide bonds. The molecule has 0 bridgehead atoms. The van der Waals surface area contributed by atoms with Crippen molar-refractivity contribution in [2.45, 2.75) is 9.65 Å². The highest BCUT2D eigenvalue weighted by Gasteiger charge is 2.45. The zero-order valence-electron chi connectivity index (χ0n) is 7.86. The third kappa shape index (κ3) is 1.92. The van der Waals surface area contributed by atoms with E-state index in [0.29, 0.717) is 10.7 Å². The van der Waals surface area contributed by atoms with Crippen molar-refractivity contribution in [3.63, 3.8) is 0 Å². The van der Waals surface area contributed by atoms with E-state index in [9.17, 15) is 9.59 Å². The van der Waals surface area contributed by atoms with E-state index in [2.05, 4.69) is 31.9 Å². The van der Waals surface area contributed by atoms with Gasteiger partial charge in [0.1, 0.15) is 9.65 Å². The lowest BCUT2D eigenvalue weighted by molar-refractivity contribution is -0.121. The molecule has 1 aliphatic heterocycles. The molecule has 2 atom stereocenters. The largest absolute Gasteiger partial charge is 0.273 e. The molecule has 3 nitrogen and oxygen atoms in total. The second-order valence-corrected chi connectivity index (χ2v) is 5.70. The summed E-state index contributed by atoms with van der Waals surface area (Å²) in [6.45, 7) is 0. The summed E-state index contributed by atoms with van der Waals surface area (Å²) in [7, 11) is 0. The van der Waals surface area contributed by atoms with Gasteiger partial charge < -0.3 is 0 Å². The minimum absolute atomic E-state index is 0.269. The van der Waals surface area contributed by atoms with Crippen molar-refractivity contribution < 1.29 is 9.59 Å². The van der Waals surface area contributed by atoms with Crippen molar-refractivity contribution in [1.82, 2.24) is 0 Å². The Morgan fingerprint density at radius 3 is 1.88 bits per heavy atom. The number of amides is 2. The molecule has 1 saturated heterocycles. The quantitative estimate of drug-likeness (QED) is 0.565. The standard InChI is InChI=1S/C10H6Br2ClNO2/c11-7-8(12)10(16)14(9(7)15)6-3-1-5(13)2-4-6/h1-4,7-8H. The van der Waals surface area contributed by atoms with E-state index >= 15 is 0 Å². The molecule has 0 aliphatic carbocycles. The summed E-state index contributed by atoms with van der Waals surface area (Å²) >= 11 is 12.1. The normalized spacial score (nSPS) is 25.3. The number of anilines is 1. The second kappa shape index (κ2) is 4.47. The number of halogens is 3. The number of alkyl halides is 2. The van der Waals surface area contributed by atoms with Crippen LogP contribution in [0.15, 0.2) is 24.3 Å². The predicted octanol–water partition coefficient (Wildman–Crippen LogP) is 2.74. The molecule has 0 spiro atoms. The molecule has 1 heterocycles. The fourth-order valence-electron chi connectivity index (χ4n) is 1.45. The van der Waals surface area contributed by atoms with Crippen LogP contribution < -0.4 is 4.90 Å². The zero-order valence-corrected chi connectivity index (χ0v) is 11.8. The van der Waals surface area contributed by atoms with E-state index < -0.39 is 9.65 Å². The molecule has 1 fully saturated rings. The second-order valence-electron chi connectivity index (χ2n) is 3.29. The summed E-state index contributed by atoms with van der Waals surface area (Å²) in [5.41, 5.74) is 0.533. The van der Waals surface area contributed by atoms with Crippen molar-refractivity contribution >= 4 is 61.0 Å². The lowest BCUT2D eigenvalue weighted by Gasteiger charge is -2.13. The highest BCUT2D eigenvalue weighted by atomic mass is 79.9. The van der Waals surface area contributed by atoms with Gasteiger partial charge in [-0.2, -0.15) is 0 Å². The number of rotatable bonds is 1. The number of hydrogen-bond acceptors (Lipinski definition) is 2. The smallest absolute Gasteiger partial charge is 0.249 e. The summed E-state index contributed by atoms with van der Waals surface area (Å²) in [5.74, 6) is -0.539. The molecule has 1 aliphatic rings. The first kappa shape index (κ1) is 12.1. The Hall–Kier alpha value is -0.390. The summed E-state index contributed by atoms with van der Waals surface area (Å²) in [6.07, 6.45) is 0. The maximum absolute atomic E-state index is 11.8. The molecule has 2 unspecified atom stereocenters. The fraction of sp³-hybridized carbons (Fsp3) is 0.200. The molecule has 0 N–H and O–H groups in total. The number of carbonyl (C=O) groups is 2. The number of hydrogen-bond donors (Lipinski definition) is 0. The van der Waals surface area contributed by atoms with Gasteiger partial charge in [-0.25, -0.2) is 4.90 Å². The van der Waals surface area contributed by atoms with Crippen molar-refractivity contribution in [1.29, 1.82) is 0 Å². The highest BCUT2D eigenvalue weighted by molar-refractivity contribution is 9.12. The first-order chi connectivity index (χ1) is 7.52. The van der Waals surface area contributed by atoms with Gasteiger partial charge in [-0.3, -0.25) is 9.59 Å². The van der Waals surface area contributed by atoms with E-state index in [1.807, 2.05) is 0 Å². The van der Waals surface area contributed by atoms with Crippen LogP contribution in [0.4, 0.5) is 5.69 Å². The number of nitrogens with zero attached hydrogens (tertiary/aromatic N) is 1. The van der Waals surface area contributed by atoms with Crippen molar-refractivity contribution in [3.8, 4) is 0 Å². The lowest BCUT2D eigenvalue weighted by atomic mass is 10.3. The van der Waals surface area contributed by atoms with Crippen LogP contribution in [0, 0.1) is 0 Å². The molecule has 2 rings (SSSR count). The minimum Gasteiger partial charge on any atom is -0.273 e. The van der Waals surface area contributed by atoms with Gasteiger partial charge in [0, 0.05) is 5.02 Å². The molecule has 1 aromatic rings. The molecule has 16 heavy (non-hydrogen) atoms. The monoisotopic (exact) mass is 365 g/mol. The van der Waals surface area contributed by atoms with E-state index in [1.54, 1.807) is 24.3 Å². The van der Waals surface area contributed by atoms with Gasteiger partial charge in [0.15, 0.2) is 0 Å². The Bertz CT molecular complexity index is 429. The molecule has 0 radical (unpaired) electrons. The summed E-state index contributed by atoms with van der Waals surface area (Å²) in [4.78, 5) is 23.7. The highest BCUT2D eigenvalue weighted by Crippen LogP contribution is 2.31. The molecule has 84 valence electrons. The number of imide groups is 1. The van der Waals surface area contributed by atoms with E-state index in [4.69, 9.17) is 11.6 Å². The maximum Gasteiger partial charge on any atom is 0.249 e. The SMILES string of the molecule is O=C1C(Br)C(Br)C(=O)N1c1ccc(Cl)cc1. The lowest BCUT2D eigenvalue weighted by Crippen LogP contribution is -2.31. The molecular weight excluding hydrogens is 361 g/mol. The van der Waals surface area contributed by atoms with Crippen LogP contribution in [-0.2, 0) is 9.59 Å². The number of carbonyl (C=O) groups excluding carboxylic acids is 2. The predicted molar refractivity (Wildman–Crippen MR) is 69.4 cm³/mol. The summed E-state index contributed by atoms with van der Waals surface area (Å²) in [5, 5.41) is 0.564. The van der Waals surface area contributed by atoms with Gasteiger partial charge in [-0.1, -0.05) is 43.5 Å². The third-order valence-corrected chi connectivity index (χ3v) is 5.06. The molecular formula is C10H6Br2ClNO2. The Morgan fingerprint density at radius 2 is 1.44 bits per heavy atom. The molecule has 6 heteroatoms. The van der Waals surface area contributed by atoms with Crippen LogP contribution >= 0.6 is 43.5 Å². The maximum atomic E-state index is 11.8. The van der Waals surface area contributed by atoms with E-state index in [0.717, 1.165) is 4.90 Å². The summed E-state index contributed by atoms with van der Waals surface area (Å²) < 4.78 is 0.